The van der Waals surface area contributed by atoms with Crippen LogP contribution >= 0.6 is 0 Å². The van der Waals surface area contributed by atoms with Crippen molar-refractivity contribution in [3.05, 3.63) is 22.5 Å². The van der Waals surface area contributed by atoms with E-state index in [-0.39, 0.29) is 11.8 Å². The van der Waals surface area contributed by atoms with Gasteiger partial charge in [0.1, 0.15) is 12.4 Å². The first-order valence-electron chi connectivity index (χ1n) is 5.99. The maximum absolute atomic E-state index is 10.5. The quantitative estimate of drug-likeness (QED) is 0.578. The van der Waals surface area contributed by atoms with Crippen LogP contribution in [0.3, 0.4) is 0 Å². The van der Waals surface area contributed by atoms with Crippen LogP contribution in [0, 0.1) is 10.1 Å². The zero-order chi connectivity index (χ0) is 13.7. The average molecular weight is 256 g/mol. The minimum absolute atomic E-state index is 0.00150. The van der Waals surface area contributed by atoms with E-state index in [0.29, 0.717) is 25.7 Å². The molecule has 0 radical (unpaired) electrons. The number of aliphatic hydroxyl groups is 1. The van der Waals surface area contributed by atoms with Crippen molar-refractivity contribution in [3.63, 3.8) is 0 Å². The molecular formula is C11H20N4O3. The highest BCUT2D eigenvalue weighted by Gasteiger charge is 2.13. The lowest BCUT2D eigenvalue weighted by atomic mass is 10.2. The smallest absolute Gasteiger partial charge is 0.306 e. The first-order valence-corrected chi connectivity index (χ1v) is 5.99. The molecule has 0 aromatic carbocycles. The molecule has 1 aromatic heterocycles. The monoisotopic (exact) mass is 256 g/mol. The molecule has 1 unspecified atom stereocenters. The number of rotatable bonds is 7. The third-order valence-corrected chi connectivity index (χ3v) is 2.68. The highest BCUT2D eigenvalue weighted by atomic mass is 16.6. The molecule has 0 aliphatic carbocycles. The van der Waals surface area contributed by atoms with Gasteiger partial charge in [-0.05, 0) is 20.8 Å². The lowest BCUT2D eigenvalue weighted by Crippen LogP contribution is -2.38. The molecule has 18 heavy (non-hydrogen) atoms. The maximum Gasteiger partial charge on any atom is 0.306 e. The summed E-state index contributed by atoms with van der Waals surface area (Å²) in [6.45, 7) is 7.69. The summed E-state index contributed by atoms with van der Waals surface area (Å²) in [5.74, 6) is 0. The lowest BCUT2D eigenvalue weighted by molar-refractivity contribution is -0.385. The Morgan fingerprint density at radius 1 is 1.56 bits per heavy atom. The molecule has 0 amide bonds. The van der Waals surface area contributed by atoms with Crippen LogP contribution in [0.15, 0.2) is 12.4 Å². The Balaban J connectivity index is 2.53. The Hall–Kier alpha value is -1.47. The largest absolute Gasteiger partial charge is 0.392 e. The Labute approximate surface area is 106 Å². The summed E-state index contributed by atoms with van der Waals surface area (Å²) < 4.78 is 1.55. The van der Waals surface area contributed by atoms with E-state index < -0.39 is 4.92 Å². The van der Waals surface area contributed by atoms with E-state index >= 15 is 0 Å². The van der Waals surface area contributed by atoms with E-state index in [9.17, 15) is 15.2 Å². The van der Waals surface area contributed by atoms with Crippen LogP contribution in [-0.4, -0.2) is 49.9 Å². The van der Waals surface area contributed by atoms with Crippen LogP contribution in [0.1, 0.15) is 20.8 Å². The Morgan fingerprint density at radius 3 is 2.67 bits per heavy atom. The van der Waals surface area contributed by atoms with E-state index in [0.717, 1.165) is 0 Å². The van der Waals surface area contributed by atoms with Gasteiger partial charge in [-0.2, -0.15) is 5.10 Å². The van der Waals surface area contributed by atoms with Crippen molar-refractivity contribution in [2.24, 2.45) is 0 Å². The molecule has 0 aliphatic rings. The van der Waals surface area contributed by atoms with Crippen molar-refractivity contribution in [1.82, 2.24) is 14.7 Å². The van der Waals surface area contributed by atoms with E-state index in [4.69, 9.17) is 0 Å². The van der Waals surface area contributed by atoms with Gasteiger partial charge in [-0.25, -0.2) is 0 Å². The van der Waals surface area contributed by atoms with Gasteiger partial charge in [0.2, 0.25) is 0 Å². The molecular weight excluding hydrogens is 236 g/mol. The molecule has 0 spiro atoms. The zero-order valence-electron chi connectivity index (χ0n) is 11.0. The maximum atomic E-state index is 10.5. The number of aliphatic hydroxyl groups excluding tert-OH is 1. The van der Waals surface area contributed by atoms with Crippen LogP contribution in [0.25, 0.3) is 0 Å². The summed E-state index contributed by atoms with van der Waals surface area (Å²) in [5.41, 5.74) is 0.00150. The van der Waals surface area contributed by atoms with Crippen LogP contribution < -0.4 is 0 Å². The van der Waals surface area contributed by atoms with Crippen LogP contribution in [0.2, 0.25) is 0 Å². The van der Waals surface area contributed by atoms with Gasteiger partial charge in [0.05, 0.1) is 17.6 Å². The lowest BCUT2D eigenvalue weighted by Gasteiger charge is -2.27. The van der Waals surface area contributed by atoms with Crippen molar-refractivity contribution < 1.29 is 10.0 Å². The molecule has 7 heteroatoms. The Kier molecular flexibility index (Phi) is 5.24. The molecule has 1 N–H and O–H groups in total. The fraction of sp³-hybridized carbons (Fsp3) is 0.727. The molecule has 1 heterocycles. The number of nitrogens with zero attached hydrogens (tertiary/aromatic N) is 4. The minimum atomic E-state index is -0.459. The molecule has 0 bridgehead atoms. The molecule has 0 fully saturated rings. The minimum Gasteiger partial charge on any atom is -0.392 e. The van der Waals surface area contributed by atoms with Gasteiger partial charge in [0.25, 0.3) is 0 Å². The van der Waals surface area contributed by atoms with Crippen molar-refractivity contribution in [2.45, 2.75) is 39.5 Å². The molecule has 1 atom stereocenters. The van der Waals surface area contributed by atoms with Gasteiger partial charge in [-0.3, -0.25) is 19.7 Å². The highest BCUT2D eigenvalue weighted by molar-refractivity contribution is 5.20. The zero-order valence-corrected chi connectivity index (χ0v) is 11.0. The average Bonchev–Trinajstić information content (AvgIpc) is 2.72. The Bertz CT molecular complexity index is 389. The number of hydrogen-bond acceptors (Lipinski definition) is 5. The van der Waals surface area contributed by atoms with E-state index in [1.165, 1.54) is 12.4 Å². The molecule has 0 saturated heterocycles. The predicted octanol–water partition coefficient (Wildman–Crippen LogP) is 0.883. The second-order valence-corrected chi connectivity index (χ2v) is 4.66. The van der Waals surface area contributed by atoms with E-state index in [1.807, 2.05) is 13.8 Å². The second kappa shape index (κ2) is 6.46. The van der Waals surface area contributed by atoms with Gasteiger partial charge < -0.3 is 5.11 Å². The van der Waals surface area contributed by atoms with Gasteiger partial charge in [-0.15, -0.1) is 0 Å². The fourth-order valence-corrected chi connectivity index (χ4v) is 1.70. The third kappa shape index (κ3) is 4.42. The topological polar surface area (TPSA) is 84.4 Å². The van der Waals surface area contributed by atoms with E-state index in [2.05, 4.69) is 10.00 Å². The van der Waals surface area contributed by atoms with Gasteiger partial charge in [-0.1, -0.05) is 0 Å². The molecule has 0 aliphatic heterocycles. The predicted molar refractivity (Wildman–Crippen MR) is 67.3 cm³/mol. The summed E-state index contributed by atoms with van der Waals surface area (Å²) in [5, 5.41) is 23.8. The van der Waals surface area contributed by atoms with Crippen molar-refractivity contribution >= 4 is 5.69 Å². The molecule has 102 valence electrons. The van der Waals surface area contributed by atoms with Crippen LogP contribution in [0.5, 0.6) is 0 Å². The normalized spacial score (nSPS) is 13.2. The van der Waals surface area contributed by atoms with Gasteiger partial charge in [0, 0.05) is 19.1 Å². The summed E-state index contributed by atoms with van der Waals surface area (Å²) in [4.78, 5) is 12.2. The van der Waals surface area contributed by atoms with Gasteiger partial charge >= 0.3 is 5.69 Å². The number of aromatic nitrogens is 2. The standard InChI is InChI=1S/C11H20N4O3/c1-9(2)13(7-10(3)16)4-5-14-8-11(6-12-14)15(17)18/h6,8-10,16H,4-5,7H2,1-3H3. The van der Waals surface area contributed by atoms with Gasteiger partial charge in [0.15, 0.2) is 0 Å². The first kappa shape index (κ1) is 14.6. The van der Waals surface area contributed by atoms with Crippen molar-refractivity contribution in [3.8, 4) is 0 Å². The molecule has 1 rings (SSSR count). The summed E-state index contributed by atoms with van der Waals surface area (Å²) >= 11 is 0. The summed E-state index contributed by atoms with van der Waals surface area (Å²) in [6.07, 6.45) is 2.27. The number of nitro groups is 1. The van der Waals surface area contributed by atoms with Crippen molar-refractivity contribution in [2.75, 3.05) is 13.1 Å². The molecule has 7 nitrogen and oxygen atoms in total. The van der Waals surface area contributed by atoms with Crippen LogP contribution in [-0.2, 0) is 6.54 Å². The van der Waals surface area contributed by atoms with E-state index in [1.54, 1.807) is 11.6 Å². The van der Waals surface area contributed by atoms with Crippen molar-refractivity contribution in [1.29, 1.82) is 0 Å². The summed E-state index contributed by atoms with van der Waals surface area (Å²) in [7, 11) is 0. The SMILES string of the molecule is CC(O)CN(CCn1cc([N+](=O)[O-])cn1)C(C)C. The summed E-state index contributed by atoms with van der Waals surface area (Å²) in [6, 6.07) is 0.310. The molecule has 0 saturated carbocycles. The number of hydrogen-bond donors (Lipinski definition) is 1. The Morgan fingerprint density at radius 2 is 2.22 bits per heavy atom. The second-order valence-electron chi connectivity index (χ2n) is 4.66. The highest BCUT2D eigenvalue weighted by Crippen LogP contribution is 2.08. The van der Waals surface area contributed by atoms with Crippen LogP contribution in [0.4, 0.5) is 5.69 Å². The third-order valence-electron chi connectivity index (χ3n) is 2.68. The molecule has 1 aromatic rings. The first-order chi connectivity index (χ1) is 8.40. The fourth-order valence-electron chi connectivity index (χ4n) is 1.70.